The summed E-state index contributed by atoms with van der Waals surface area (Å²) in [4.78, 5) is 26.3. The summed E-state index contributed by atoms with van der Waals surface area (Å²) in [6.07, 6.45) is 3.77. The van der Waals surface area contributed by atoms with Gasteiger partial charge in [0.05, 0.1) is 10.6 Å². The Morgan fingerprint density at radius 3 is 2.67 bits per heavy atom. The fraction of sp³-hybridized carbons (Fsp3) is 0.500. The molecular formula is C14H18Cl2N2O3. The lowest BCUT2D eigenvalue weighted by atomic mass is 9.96. The first-order valence-corrected chi connectivity index (χ1v) is 7.50. The third-order valence-electron chi connectivity index (χ3n) is 3.24. The van der Waals surface area contributed by atoms with Gasteiger partial charge in [0.25, 0.3) is 5.91 Å². The Bertz CT molecular complexity index is 509. The smallest absolute Gasteiger partial charge is 0.303 e. The van der Waals surface area contributed by atoms with Crippen LogP contribution in [-0.2, 0) is 4.79 Å². The van der Waals surface area contributed by atoms with Gasteiger partial charge in [0, 0.05) is 19.2 Å². The van der Waals surface area contributed by atoms with Crippen LogP contribution in [0, 0.1) is 5.92 Å². The van der Waals surface area contributed by atoms with Crippen molar-refractivity contribution in [3.63, 3.8) is 0 Å². The Kier molecular flexibility index (Phi) is 7.47. The molecular weight excluding hydrogens is 315 g/mol. The van der Waals surface area contributed by atoms with Crippen LogP contribution in [0.2, 0.25) is 10.2 Å². The second-order valence-electron chi connectivity index (χ2n) is 4.75. The number of carboxylic acid groups (broad SMARTS) is 1. The minimum atomic E-state index is -0.792. The van der Waals surface area contributed by atoms with Gasteiger partial charge in [-0.05, 0) is 24.8 Å². The minimum Gasteiger partial charge on any atom is -0.481 e. The van der Waals surface area contributed by atoms with Crippen LogP contribution in [0.4, 0.5) is 0 Å². The lowest BCUT2D eigenvalue weighted by Crippen LogP contribution is -2.26. The first-order chi connectivity index (χ1) is 9.93. The highest BCUT2D eigenvalue weighted by Gasteiger charge is 2.11. The molecule has 0 fully saturated rings. The number of carbonyl (C=O) groups is 2. The number of carbonyl (C=O) groups excluding carboxylic acids is 1. The third-order valence-corrected chi connectivity index (χ3v) is 3.93. The summed E-state index contributed by atoms with van der Waals surface area (Å²) in [6.45, 7) is 2.49. The van der Waals surface area contributed by atoms with E-state index in [4.69, 9.17) is 28.3 Å². The lowest BCUT2D eigenvalue weighted by molar-refractivity contribution is -0.137. The van der Waals surface area contributed by atoms with E-state index in [0.29, 0.717) is 18.5 Å². The highest BCUT2D eigenvalue weighted by atomic mass is 35.5. The van der Waals surface area contributed by atoms with Crippen molar-refractivity contribution >= 4 is 35.1 Å². The van der Waals surface area contributed by atoms with Gasteiger partial charge in [0.15, 0.2) is 0 Å². The highest BCUT2D eigenvalue weighted by Crippen LogP contribution is 2.19. The summed E-state index contributed by atoms with van der Waals surface area (Å²) >= 11 is 11.5. The van der Waals surface area contributed by atoms with Crippen molar-refractivity contribution in [3.05, 3.63) is 28.0 Å². The SMILES string of the molecule is CCC(CCNC(=O)c1cnc(Cl)c(Cl)c1)CCC(=O)O. The van der Waals surface area contributed by atoms with Gasteiger partial charge in [0.2, 0.25) is 0 Å². The average Bonchev–Trinajstić information content (AvgIpc) is 2.45. The molecule has 116 valence electrons. The molecule has 0 aliphatic carbocycles. The van der Waals surface area contributed by atoms with Gasteiger partial charge < -0.3 is 10.4 Å². The Morgan fingerprint density at radius 1 is 1.38 bits per heavy atom. The molecule has 0 aliphatic heterocycles. The molecule has 0 saturated heterocycles. The number of aromatic nitrogens is 1. The van der Waals surface area contributed by atoms with Crippen LogP contribution in [-0.4, -0.2) is 28.5 Å². The maximum Gasteiger partial charge on any atom is 0.303 e. The molecule has 7 heteroatoms. The molecule has 21 heavy (non-hydrogen) atoms. The van der Waals surface area contributed by atoms with Gasteiger partial charge in [-0.25, -0.2) is 4.98 Å². The summed E-state index contributed by atoms with van der Waals surface area (Å²) in [5, 5.41) is 11.8. The van der Waals surface area contributed by atoms with E-state index in [0.717, 1.165) is 12.8 Å². The predicted molar refractivity (Wildman–Crippen MR) is 81.9 cm³/mol. The first-order valence-electron chi connectivity index (χ1n) is 6.75. The number of carboxylic acids is 1. The van der Waals surface area contributed by atoms with Gasteiger partial charge in [-0.2, -0.15) is 0 Å². The zero-order valence-corrected chi connectivity index (χ0v) is 13.2. The van der Waals surface area contributed by atoms with E-state index in [1.165, 1.54) is 12.3 Å². The fourth-order valence-corrected chi connectivity index (χ4v) is 2.19. The number of halogens is 2. The van der Waals surface area contributed by atoms with Crippen molar-refractivity contribution in [2.45, 2.75) is 32.6 Å². The summed E-state index contributed by atoms with van der Waals surface area (Å²) in [5.74, 6) is -0.776. The van der Waals surface area contributed by atoms with E-state index in [1.807, 2.05) is 6.92 Å². The van der Waals surface area contributed by atoms with Crippen molar-refractivity contribution in [1.29, 1.82) is 0 Å². The largest absolute Gasteiger partial charge is 0.481 e. The van der Waals surface area contributed by atoms with E-state index >= 15 is 0 Å². The average molecular weight is 333 g/mol. The van der Waals surface area contributed by atoms with Crippen LogP contribution < -0.4 is 5.32 Å². The summed E-state index contributed by atoms with van der Waals surface area (Å²) in [5.41, 5.74) is 0.350. The van der Waals surface area contributed by atoms with E-state index in [1.54, 1.807) is 0 Å². The lowest BCUT2D eigenvalue weighted by Gasteiger charge is -2.14. The van der Waals surface area contributed by atoms with Crippen molar-refractivity contribution in [2.24, 2.45) is 5.92 Å². The zero-order valence-electron chi connectivity index (χ0n) is 11.7. The maximum atomic E-state index is 11.9. The number of nitrogens with zero attached hydrogens (tertiary/aromatic N) is 1. The standard InChI is InChI=1S/C14H18Cl2N2O3/c1-2-9(3-4-12(19)20)5-6-17-14(21)10-7-11(15)13(16)18-8-10/h7-9H,2-6H2,1H3,(H,17,21)(H,19,20). The number of hydrogen-bond donors (Lipinski definition) is 2. The molecule has 1 unspecified atom stereocenters. The third kappa shape index (κ3) is 6.31. The van der Waals surface area contributed by atoms with Gasteiger partial charge in [-0.15, -0.1) is 0 Å². The Hall–Kier alpha value is -1.33. The van der Waals surface area contributed by atoms with E-state index in [9.17, 15) is 9.59 Å². The second-order valence-corrected chi connectivity index (χ2v) is 5.51. The van der Waals surface area contributed by atoms with Gasteiger partial charge >= 0.3 is 5.97 Å². The van der Waals surface area contributed by atoms with Crippen LogP contribution in [0.1, 0.15) is 43.0 Å². The Labute approximate surface area is 133 Å². The Balaban J connectivity index is 2.41. The molecule has 0 saturated carbocycles. The van der Waals surface area contributed by atoms with Crippen molar-refractivity contribution in [3.8, 4) is 0 Å². The molecule has 0 aromatic carbocycles. The molecule has 0 spiro atoms. The van der Waals surface area contributed by atoms with Crippen LogP contribution in [0.15, 0.2) is 12.3 Å². The minimum absolute atomic E-state index is 0.156. The van der Waals surface area contributed by atoms with Crippen molar-refractivity contribution in [2.75, 3.05) is 6.54 Å². The molecule has 1 aromatic rings. The van der Waals surface area contributed by atoms with Gasteiger partial charge in [-0.3, -0.25) is 9.59 Å². The molecule has 1 rings (SSSR count). The maximum absolute atomic E-state index is 11.9. The molecule has 0 bridgehead atoms. The van der Waals surface area contributed by atoms with Crippen molar-refractivity contribution < 1.29 is 14.7 Å². The molecule has 2 N–H and O–H groups in total. The normalized spacial score (nSPS) is 12.0. The van der Waals surface area contributed by atoms with Crippen LogP contribution in [0.25, 0.3) is 0 Å². The van der Waals surface area contributed by atoms with E-state index < -0.39 is 5.97 Å². The van der Waals surface area contributed by atoms with E-state index in [-0.39, 0.29) is 28.4 Å². The van der Waals surface area contributed by atoms with Gasteiger partial charge in [0.1, 0.15) is 5.15 Å². The number of rotatable bonds is 8. The monoisotopic (exact) mass is 332 g/mol. The number of pyridine rings is 1. The number of amides is 1. The number of hydrogen-bond acceptors (Lipinski definition) is 3. The topological polar surface area (TPSA) is 79.3 Å². The molecule has 0 radical (unpaired) electrons. The van der Waals surface area contributed by atoms with Crippen LogP contribution >= 0.6 is 23.2 Å². The van der Waals surface area contributed by atoms with Crippen LogP contribution in [0.3, 0.4) is 0 Å². The molecule has 1 amide bonds. The molecule has 5 nitrogen and oxygen atoms in total. The molecule has 0 aliphatic rings. The first kappa shape index (κ1) is 17.7. The fourth-order valence-electron chi connectivity index (χ4n) is 1.92. The van der Waals surface area contributed by atoms with Crippen molar-refractivity contribution in [1.82, 2.24) is 10.3 Å². The van der Waals surface area contributed by atoms with Crippen LogP contribution in [0.5, 0.6) is 0 Å². The summed E-state index contributed by atoms with van der Waals surface area (Å²) in [6, 6.07) is 1.47. The quantitative estimate of drug-likeness (QED) is 0.715. The van der Waals surface area contributed by atoms with E-state index in [2.05, 4.69) is 10.3 Å². The second kappa shape index (κ2) is 8.85. The zero-order chi connectivity index (χ0) is 15.8. The molecule has 1 aromatic heterocycles. The highest BCUT2D eigenvalue weighted by molar-refractivity contribution is 6.41. The Morgan fingerprint density at radius 2 is 2.10 bits per heavy atom. The number of aliphatic carboxylic acids is 1. The van der Waals surface area contributed by atoms with Gasteiger partial charge in [-0.1, -0.05) is 36.5 Å². The summed E-state index contributed by atoms with van der Waals surface area (Å²) < 4.78 is 0. The number of nitrogens with one attached hydrogen (secondary N) is 1. The predicted octanol–water partition coefficient (Wildman–Crippen LogP) is 3.40. The summed E-state index contributed by atoms with van der Waals surface area (Å²) in [7, 11) is 0. The molecule has 1 atom stereocenters. The molecule has 1 heterocycles.